The summed E-state index contributed by atoms with van der Waals surface area (Å²) in [4.78, 5) is 0. The summed E-state index contributed by atoms with van der Waals surface area (Å²) in [5.74, 6) is 0.248. The average Bonchev–Trinajstić information content (AvgIpc) is 2.40. The highest BCUT2D eigenvalue weighted by molar-refractivity contribution is 6.31. The van der Waals surface area contributed by atoms with E-state index in [-0.39, 0.29) is 5.82 Å². The topological polar surface area (TPSA) is 9.23 Å². The second-order valence-electron chi connectivity index (χ2n) is 4.27. The molecule has 2 aromatic carbocycles. The monoisotopic (exact) mass is 298 g/mol. The molecule has 0 aliphatic carbocycles. The zero-order chi connectivity index (χ0) is 14.0. The molecule has 0 aliphatic rings. The number of aryl methyl sites for hydroxylation is 1. The number of halogens is 3. The number of hydrogen-bond acceptors (Lipinski definition) is 1. The van der Waals surface area contributed by atoms with Crippen LogP contribution in [0.5, 0.6) is 5.75 Å². The van der Waals surface area contributed by atoms with E-state index in [2.05, 4.69) is 0 Å². The fourth-order valence-electron chi connectivity index (χ4n) is 1.93. The Morgan fingerprint density at radius 2 is 1.84 bits per heavy atom. The summed E-state index contributed by atoms with van der Waals surface area (Å²) < 4.78 is 19.1. The molecule has 1 nitrogen and oxygen atoms in total. The summed E-state index contributed by atoms with van der Waals surface area (Å²) in [6.07, 6.45) is 0. The normalized spacial score (nSPS) is 12.3. The van der Waals surface area contributed by atoms with Gasteiger partial charge >= 0.3 is 0 Å². The van der Waals surface area contributed by atoms with Gasteiger partial charge in [-0.2, -0.15) is 0 Å². The number of benzene rings is 2. The van der Waals surface area contributed by atoms with Gasteiger partial charge in [0.25, 0.3) is 0 Å². The first-order valence-corrected chi connectivity index (χ1v) is 6.58. The van der Waals surface area contributed by atoms with Crippen LogP contribution >= 0.6 is 23.2 Å². The molecule has 0 saturated carbocycles. The highest BCUT2D eigenvalue weighted by Crippen LogP contribution is 2.37. The number of methoxy groups -OCH3 is 1. The molecule has 0 bridgehead atoms. The molecule has 2 aromatic rings. The molecule has 0 fully saturated rings. The SMILES string of the molecule is COc1ccc(C)cc1C(Cl)c1cc(Cl)ccc1F. The molecule has 0 aliphatic heterocycles. The lowest BCUT2D eigenvalue weighted by atomic mass is 10.0. The molecule has 0 heterocycles. The van der Waals surface area contributed by atoms with Gasteiger partial charge in [-0.3, -0.25) is 0 Å². The summed E-state index contributed by atoms with van der Waals surface area (Å²) in [6, 6.07) is 9.97. The van der Waals surface area contributed by atoms with E-state index in [1.807, 2.05) is 25.1 Å². The van der Waals surface area contributed by atoms with Crippen molar-refractivity contribution in [3.63, 3.8) is 0 Å². The van der Waals surface area contributed by atoms with E-state index in [1.165, 1.54) is 18.2 Å². The van der Waals surface area contributed by atoms with Gasteiger partial charge in [-0.25, -0.2) is 4.39 Å². The molecule has 2 rings (SSSR count). The van der Waals surface area contributed by atoms with E-state index in [0.29, 0.717) is 16.3 Å². The van der Waals surface area contributed by atoms with Crippen molar-refractivity contribution < 1.29 is 9.13 Å². The first kappa shape index (κ1) is 14.2. The average molecular weight is 299 g/mol. The molecular formula is C15H13Cl2FO. The second-order valence-corrected chi connectivity index (χ2v) is 5.15. The van der Waals surface area contributed by atoms with Crippen molar-refractivity contribution in [1.82, 2.24) is 0 Å². The van der Waals surface area contributed by atoms with Crippen molar-refractivity contribution in [1.29, 1.82) is 0 Å². The molecule has 4 heteroatoms. The predicted molar refractivity (Wildman–Crippen MR) is 76.8 cm³/mol. The number of hydrogen-bond donors (Lipinski definition) is 0. The van der Waals surface area contributed by atoms with E-state index in [9.17, 15) is 4.39 Å². The van der Waals surface area contributed by atoms with Crippen LogP contribution in [0.3, 0.4) is 0 Å². The van der Waals surface area contributed by atoms with Crippen molar-refractivity contribution in [2.24, 2.45) is 0 Å². The Bertz CT molecular complexity index is 599. The van der Waals surface area contributed by atoms with Gasteiger partial charge in [-0.05, 0) is 31.2 Å². The third-order valence-corrected chi connectivity index (χ3v) is 3.59. The van der Waals surface area contributed by atoms with E-state index >= 15 is 0 Å². The van der Waals surface area contributed by atoms with Crippen LogP contribution in [-0.4, -0.2) is 7.11 Å². The van der Waals surface area contributed by atoms with Crippen LogP contribution in [0.2, 0.25) is 5.02 Å². The Morgan fingerprint density at radius 1 is 1.11 bits per heavy atom. The molecule has 0 saturated heterocycles. The van der Waals surface area contributed by atoms with Gasteiger partial charge in [0.1, 0.15) is 11.6 Å². The van der Waals surface area contributed by atoms with Crippen molar-refractivity contribution in [2.45, 2.75) is 12.3 Å². The highest BCUT2D eigenvalue weighted by atomic mass is 35.5. The third kappa shape index (κ3) is 3.02. The summed E-state index contributed by atoms with van der Waals surface area (Å²) in [5.41, 5.74) is 2.10. The van der Waals surface area contributed by atoms with Crippen molar-refractivity contribution >= 4 is 23.2 Å². The minimum Gasteiger partial charge on any atom is -0.496 e. The van der Waals surface area contributed by atoms with Crippen LogP contribution in [0.15, 0.2) is 36.4 Å². The summed E-state index contributed by atoms with van der Waals surface area (Å²) in [5, 5.41) is -0.192. The molecule has 1 unspecified atom stereocenters. The van der Waals surface area contributed by atoms with Gasteiger partial charge in [0.2, 0.25) is 0 Å². The lowest BCUT2D eigenvalue weighted by molar-refractivity contribution is 0.410. The maximum atomic E-state index is 13.9. The fourth-order valence-corrected chi connectivity index (χ4v) is 2.45. The molecular weight excluding hydrogens is 286 g/mol. The van der Waals surface area contributed by atoms with E-state index < -0.39 is 5.38 Å². The Hall–Kier alpha value is -1.25. The van der Waals surface area contributed by atoms with Crippen LogP contribution < -0.4 is 4.74 Å². The minimum atomic E-state index is -0.645. The fraction of sp³-hybridized carbons (Fsp3) is 0.200. The third-order valence-electron chi connectivity index (χ3n) is 2.89. The molecule has 100 valence electrons. The summed E-state index contributed by atoms with van der Waals surface area (Å²) >= 11 is 12.3. The largest absolute Gasteiger partial charge is 0.496 e. The van der Waals surface area contributed by atoms with Crippen molar-refractivity contribution in [3.05, 3.63) is 63.9 Å². The predicted octanol–water partition coefficient (Wildman–Crippen LogP) is 5.12. The Balaban J connectivity index is 2.51. The molecule has 0 radical (unpaired) electrons. The maximum Gasteiger partial charge on any atom is 0.128 e. The summed E-state index contributed by atoms with van der Waals surface area (Å²) in [7, 11) is 1.56. The highest BCUT2D eigenvalue weighted by Gasteiger charge is 2.19. The maximum absolute atomic E-state index is 13.9. The van der Waals surface area contributed by atoms with Gasteiger partial charge < -0.3 is 4.74 Å². The number of alkyl halides is 1. The Morgan fingerprint density at radius 3 is 2.53 bits per heavy atom. The molecule has 0 aromatic heterocycles. The van der Waals surface area contributed by atoms with E-state index in [4.69, 9.17) is 27.9 Å². The van der Waals surface area contributed by atoms with Crippen LogP contribution in [0.25, 0.3) is 0 Å². The number of rotatable bonds is 3. The minimum absolute atomic E-state index is 0.345. The number of ether oxygens (including phenoxy) is 1. The van der Waals surface area contributed by atoms with E-state index in [1.54, 1.807) is 7.11 Å². The lowest BCUT2D eigenvalue weighted by Crippen LogP contribution is -2.00. The second kappa shape index (κ2) is 5.81. The van der Waals surface area contributed by atoms with Crippen molar-refractivity contribution in [2.75, 3.05) is 7.11 Å². The quantitative estimate of drug-likeness (QED) is 0.714. The zero-order valence-corrected chi connectivity index (χ0v) is 12.1. The van der Waals surface area contributed by atoms with Crippen LogP contribution in [0.1, 0.15) is 22.1 Å². The van der Waals surface area contributed by atoms with Gasteiger partial charge in [0.05, 0.1) is 12.5 Å². The lowest BCUT2D eigenvalue weighted by Gasteiger charge is -2.16. The molecule has 0 N–H and O–H groups in total. The summed E-state index contributed by atoms with van der Waals surface area (Å²) in [6.45, 7) is 1.95. The smallest absolute Gasteiger partial charge is 0.128 e. The van der Waals surface area contributed by atoms with Gasteiger partial charge in [0.15, 0.2) is 0 Å². The standard InChI is InChI=1S/C15H13Cl2FO/c1-9-3-6-14(19-2)12(7-9)15(17)11-8-10(16)4-5-13(11)18/h3-8,15H,1-2H3. The van der Waals surface area contributed by atoms with E-state index in [0.717, 1.165) is 11.1 Å². The Kier molecular flexibility index (Phi) is 4.33. The van der Waals surface area contributed by atoms with Crippen LogP contribution in [0.4, 0.5) is 4.39 Å². The van der Waals surface area contributed by atoms with Gasteiger partial charge in [-0.15, -0.1) is 11.6 Å². The first-order valence-electron chi connectivity index (χ1n) is 5.76. The van der Waals surface area contributed by atoms with Gasteiger partial charge in [0, 0.05) is 16.1 Å². The van der Waals surface area contributed by atoms with Gasteiger partial charge in [-0.1, -0.05) is 29.3 Å². The molecule has 0 spiro atoms. The van der Waals surface area contributed by atoms with Crippen LogP contribution in [0, 0.1) is 12.7 Å². The van der Waals surface area contributed by atoms with Crippen molar-refractivity contribution in [3.8, 4) is 5.75 Å². The Labute approximate surface area is 121 Å². The molecule has 0 amide bonds. The first-order chi connectivity index (χ1) is 9.02. The molecule has 1 atom stereocenters. The van der Waals surface area contributed by atoms with Crippen LogP contribution in [-0.2, 0) is 0 Å². The zero-order valence-electron chi connectivity index (χ0n) is 10.6. The molecule has 19 heavy (non-hydrogen) atoms.